The molecule has 0 saturated carbocycles. The molecule has 0 amide bonds. The third-order valence-electron chi connectivity index (χ3n) is 1.98. The summed E-state index contributed by atoms with van der Waals surface area (Å²) in [6.45, 7) is 1.54. The minimum Gasteiger partial charge on any atom is -0.481 e. The van der Waals surface area contributed by atoms with Crippen molar-refractivity contribution in [3.05, 3.63) is 23.0 Å². The number of aromatic nitrogens is 1. The average molecular weight is 216 g/mol. The lowest BCUT2D eigenvalue weighted by Gasteiger charge is -2.11. The summed E-state index contributed by atoms with van der Waals surface area (Å²) in [5.41, 5.74) is 5.12. The van der Waals surface area contributed by atoms with Gasteiger partial charge in [-0.3, -0.25) is 9.78 Å². The van der Waals surface area contributed by atoms with E-state index >= 15 is 0 Å². The zero-order chi connectivity index (χ0) is 11.6. The number of carboxylic acids is 1. The van der Waals surface area contributed by atoms with Crippen LogP contribution in [-0.4, -0.2) is 16.1 Å². The van der Waals surface area contributed by atoms with Gasteiger partial charge in [-0.15, -0.1) is 0 Å². The van der Waals surface area contributed by atoms with Gasteiger partial charge >= 0.3 is 5.97 Å². The number of aliphatic carboxylic acids is 1. The number of carboxylic acid groups (broad SMARTS) is 1. The van der Waals surface area contributed by atoms with Crippen LogP contribution in [0.3, 0.4) is 0 Å². The summed E-state index contributed by atoms with van der Waals surface area (Å²) < 4.78 is 25.2. The van der Waals surface area contributed by atoms with Gasteiger partial charge in [-0.05, 0) is 12.5 Å². The number of hydrogen-bond acceptors (Lipinski definition) is 3. The molecule has 82 valence electrons. The van der Waals surface area contributed by atoms with Crippen molar-refractivity contribution >= 4 is 11.7 Å². The SMILES string of the molecule is Cc1cnc(CC(=O)O)c(C(F)F)c1N. The number of aryl methyl sites for hydroxylation is 1. The predicted molar refractivity (Wildman–Crippen MR) is 49.7 cm³/mol. The van der Waals surface area contributed by atoms with Crippen molar-refractivity contribution in [3.63, 3.8) is 0 Å². The van der Waals surface area contributed by atoms with E-state index in [0.29, 0.717) is 5.56 Å². The Morgan fingerprint density at radius 3 is 2.73 bits per heavy atom. The summed E-state index contributed by atoms with van der Waals surface area (Å²) in [4.78, 5) is 14.1. The van der Waals surface area contributed by atoms with Gasteiger partial charge in [0.2, 0.25) is 0 Å². The Hall–Kier alpha value is -1.72. The number of rotatable bonds is 3. The van der Waals surface area contributed by atoms with Crippen LogP contribution in [0.1, 0.15) is 23.2 Å². The highest BCUT2D eigenvalue weighted by molar-refractivity contribution is 5.71. The van der Waals surface area contributed by atoms with Gasteiger partial charge in [0, 0.05) is 11.9 Å². The molecule has 0 aromatic carbocycles. The number of anilines is 1. The molecule has 0 unspecified atom stereocenters. The second kappa shape index (κ2) is 4.20. The van der Waals surface area contributed by atoms with Crippen molar-refractivity contribution in [1.29, 1.82) is 0 Å². The normalized spacial score (nSPS) is 10.7. The first-order valence-electron chi connectivity index (χ1n) is 4.17. The van der Waals surface area contributed by atoms with Crippen LogP contribution >= 0.6 is 0 Å². The third-order valence-corrected chi connectivity index (χ3v) is 1.98. The first-order valence-corrected chi connectivity index (χ1v) is 4.17. The van der Waals surface area contributed by atoms with Crippen molar-refractivity contribution in [1.82, 2.24) is 4.98 Å². The molecule has 6 heteroatoms. The maximum Gasteiger partial charge on any atom is 0.309 e. The molecule has 4 nitrogen and oxygen atoms in total. The molecule has 3 N–H and O–H groups in total. The van der Waals surface area contributed by atoms with Gasteiger partial charge in [0.25, 0.3) is 6.43 Å². The fourth-order valence-electron chi connectivity index (χ4n) is 1.21. The maximum atomic E-state index is 12.6. The molecule has 0 bridgehead atoms. The molecular formula is C9H10F2N2O2. The van der Waals surface area contributed by atoms with E-state index < -0.39 is 24.4 Å². The predicted octanol–water partition coefficient (Wildman–Crippen LogP) is 1.54. The van der Waals surface area contributed by atoms with Gasteiger partial charge in [-0.2, -0.15) is 0 Å². The molecule has 1 aromatic heterocycles. The van der Waals surface area contributed by atoms with Gasteiger partial charge in [0.05, 0.1) is 17.7 Å². The summed E-state index contributed by atoms with van der Waals surface area (Å²) in [5, 5.41) is 8.51. The molecule has 0 atom stereocenters. The molecule has 1 rings (SSSR count). The number of nitrogens with two attached hydrogens (primary N) is 1. The van der Waals surface area contributed by atoms with Crippen molar-refractivity contribution in [3.8, 4) is 0 Å². The highest BCUT2D eigenvalue weighted by Crippen LogP contribution is 2.29. The number of halogens is 2. The Bertz CT molecular complexity index is 394. The highest BCUT2D eigenvalue weighted by Gasteiger charge is 2.20. The zero-order valence-corrected chi connectivity index (χ0v) is 8.00. The van der Waals surface area contributed by atoms with E-state index in [2.05, 4.69) is 4.98 Å². The number of nitrogen functional groups attached to an aromatic ring is 1. The first-order chi connectivity index (χ1) is 6.93. The van der Waals surface area contributed by atoms with E-state index in [4.69, 9.17) is 10.8 Å². The number of carbonyl (C=O) groups is 1. The number of nitrogens with zero attached hydrogens (tertiary/aromatic N) is 1. The molecular weight excluding hydrogens is 206 g/mol. The summed E-state index contributed by atoms with van der Waals surface area (Å²) >= 11 is 0. The van der Waals surface area contributed by atoms with E-state index in [1.165, 1.54) is 6.20 Å². The fraction of sp³-hybridized carbons (Fsp3) is 0.333. The van der Waals surface area contributed by atoms with Crippen LogP contribution < -0.4 is 5.73 Å². The molecule has 0 aliphatic carbocycles. The topological polar surface area (TPSA) is 76.2 Å². The van der Waals surface area contributed by atoms with Crippen LogP contribution in [0.15, 0.2) is 6.20 Å². The average Bonchev–Trinajstić information content (AvgIpc) is 2.10. The first kappa shape index (κ1) is 11.4. The summed E-state index contributed by atoms with van der Waals surface area (Å²) in [6.07, 6.45) is -2.07. The Morgan fingerprint density at radius 2 is 2.27 bits per heavy atom. The summed E-state index contributed by atoms with van der Waals surface area (Å²) in [6, 6.07) is 0. The minimum atomic E-state index is -2.81. The van der Waals surface area contributed by atoms with Crippen molar-refractivity contribution < 1.29 is 18.7 Å². The maximum absolute atomic E-state index is 12.6. The van der Waals surface area contributed by atoms with E-state index in [1.807, 2.05) is 0 Å². The zero-order valence-electron chi connectivity index (χ0n) is 8.00. The Balaban J connectivity index is 3.26. The highest BCUT2D eigenvalue weighted by atomic mass is 19.3. The molecule has 15 heavy (non-hydrogen) atoms. The van der Waals surface area contributed by atoms with Crippen LogP contribution in [0.5, 0.6) is 0 Å². The Kier molecular flexibility index (Phi) is 3.18. The van der Waals surface area contributed by atoms with Gasteiger partial charge in [0.15, 0.2) is 0 Å². The lowest BCUT2D eigenvalue weighted by Crippen LogP contribution is -2.10. The molecule has 0 fully saturated rings. The summed E-state index contributed by atoms with van der Waals surface area (Å²) in [7, 11) is 0. The standard InChI is InChI=1S/C9H10F2N2O2/c1-4-3-13-5(2-6(14)15)7(8(4)12)9(10)11/h3,9H,2H2,1H3,(H2,12,13)(H,14,15). The van der Waals surface area contributed by atoms with Crippen molar-refractivity contribution in [2.75, 3.05) is 5.73 Å². The van der Waals surface area contributed by atoms with Gasteiger partial charge in [-0.1, -0.05) is 0 Å². The lowest BCUT2D eigenvalue weighted by atomic mass is 10.1. The van der Waals surface area contributed by atoms with Gasteiger partial charge in [0.1, 0.15) is 0 Å². The molecule has 0 saturated heterocycles. The summed E-state index contributed by atoms with van der Waals surface area (Å²) in [5.74, 6) is -1.22. The molecule has 1 heterocycles. The molecule has 0 aliphatic heterocycles. The third kappa shape index (κ3) is 2.39. The molecule has 1 aromatic rings. The fourth-order valence-corrected chi connectivity index (χ4v) is 1.21. The van der Waals surface area contributed by atoms with Crippen molar-refractivity contribution in [2.24, 2.45) is 0 Å². The quantitative estimate of drug-likeness (QED) is 0.803. The van der Waals surface area contributed by atoms with Crippen molar-refractivity contribution in [2.45, 2.75) is 19.8 Å². The van der Waals surface area contributed by atoms with E-state index in [9.17, 15) is 13.6 Å². The lowest BCUT2D eigenvalue weighted by molar-refractivity contribution is -0.136. The largest absolute Gasteiger partial charge is 0.481 e. The van der Waals surface area contributed by atoms with Crippen LogP contribution in [0.4, 0.5) is 14.5 Å². The second-order valence-electron chi connectivity index (χ2n) is 3.09. The van der Waals surface area contributed by atoms with E-state index in [0.717, 1.165) is 0 Å². The second-order valence-corrected chi connectivity index (χ2v) is 3.09. The molecule has 0 aliphatic rings. The Labute approximate surface area is 84.7 Å². The Morgan fingerprint density at radius 1 is 1.67 bits per heavy atom. The van der Waals surface area contributed by atoms with Gasteiger partial charge in [-0.25, -0.2) is 8.78 Å². The van der Waals surface area contributed by atoms with Crippen LogP contribution in [-0.2, 0) is 11.2 Å². The van der Waals surface area contributed by atoms with E-state index in [-0.39, 0.29) is 11.4 Å². The van der Waals surface area contributed by atoms with Gasteiger partial charge < -0.3 is 10.8 Å². The molecule has 0 spiro atoms. The minimum absolute atomic E-state index is 0.0868. The smallest absolute Gasteiger partial charge is 0.309 e. The number of pyridine rings is 1. The monoisotopic (exact) mass is 216 g/mol. The number of hydrogen-bond donors (Lipinski definition) is 2. The number of alkyl halides is 2. The van der Waals surface area contributed by atoms with Crippen LogP contribution in [0.25, 0.3) is 0 Å². The van der Waals surface area contributed by atoms with Crippen LogP contribution in [0.2, 0.25) is 0 Å². The molecule has 0 radical (unpaired) electrons. The van der Waals surface area contributed by atoms with Crippen LogP contribution in [0, 0.1) is 6.92 Å². The van der Waals surface area contributed by atoms with E-state index in [1.54, 1.807) is 6.92 Å².